The maximum Gasteiger partial charge on any atom is 0.253 e. The van der Waals surface area contributed by atoms with Crippen molar-refractivity contribution in [1.82, 2.24) is 10.3 Å². The number of hydrogen-bond acceptors (Lipinski definition) is 4. The van der Waals surface area contributed by atoms with Crippen LogP contribution in [0.2, 0.25) is 0 Å². The number of nitrogens with zero attached hydrogens (tertiary/aromatic N) is 1. The Morgan fingerprint density at radius 3 is 2.44 bits per heavy atom. The van der Waals surface area contributed by atoms with E-state index in [1.807, 2.05) is 58.0 Å². The molecule has 0 aliphatic rings. The van der Waals surface area contributed by atoms with E-state index in [0.717, 1.165) is 5.56 Å². The standard InChI is InChI=1S/C20H26N2O3/c1-15(16-8-6-5-7-9-16)22-19(23)17-10-11-18(21-14-17)24-12-13-25-20(2,3)4/h5-11,14-15H,12-13H2,1-4H3,(H,22,23)/t15-/m0/s1. The van der Waals surface area contributed by atoms with E-state index in [1.165, 1.54) is 6.20 Å². The number of benzene rings is 1. The third-order valence-electron chi connectivity index (χ3n) is 3.51. The molecule has 1 amide bonds. The molecule has 1 atom stereocenters. The Morgan fingerprint density at radius 1 is 1.12 bits per heavy atom. The van der Waals surface area contributed by atoms with Crippen LogP contribution in [0.15, 0.2) is 48.7 Å². The van der Waals surface area contributed by atoms with Crippen molar-refractivity contribution in [3.05, 3.63) is 59.8 Å². The summed E-state index contributed by atoms with van der Waals surface area (Å²) in [6.07, 6.45) is 1.52. The zero-order valence-corrected chi connectivity index (χ0v) is 15.3. The lowest BCUT2D eigenvalue weighted by atomic mass is 10.1. The van der Waals surface area contributed by atoms with E-state index >= 15 is 0 Å². The molecule has 0 spiro atoms. The second kappa shape index (κ2) is 8.62. The summed E-state index contributed by atoms with van der Waals surface area (Å²) in [7, 11) is 0. The van der Waals surface area contributed by atoms with Gasteiger partial charge in [0.15, 0.2) is 0 Å². The molecule has 1 aromatic heterocycles. The maximum absolute atomic E-state index is 12.3. The van der Waals surface area contributed by atoms with Gasteiger partial charge in [-0.25, -0.2) is 4.98 Å². The fourth-order valence-electron chi connectivity index (χ4n) is 2.20. The number of hydrogen-bond donors (Lipinski definition) is 1. The van der Waals surface area contributed by atoms with E-state index in [2.05, 4.69) is 10.3 Å². The number of carbonyl (C=O) groups excluding carboxylic acids is 1. The van der Waals surface area contributed by atoms with Crippen LogP contribution in [0.5, 0.6) is 5.88 Å². The molecule has 0 fully saturated rings. The Bertz CT molecular complexity index is 664. The van der Waals surface area contributed by atoms with E-state index in [4.69, 9.17) is 9.47 Å². The molecular formula is C20H26N2O3. The van der Waals surface area contributed by atoms with Crippen LogP contribution in [0.25, 0.3) is 0 Å². The van der Waals surface area contributed by atoms with E-state index < -0.39 is 0 Å². The largest absolute Gasteiger partial charge is 0.475 e. The molecule has 1 heterocycles. The summed E-state index contributed by atoms with van der Waals surface area (Å²) >= 11 is 0. The quantitative estimate of drug-likeness (QED) is 0.778. The molecule has 5 heteroatoms. The fourth-order valence-corrected chi connectivity index (χ4v) is 2.20. The second-order valence-corrected chi connectivity index (χ2v) is 6.80. The summed E-state index contributed by atoms with van der Waals surface area (Å²) < 4.78 is 11.1. The number of carbonyl (C=O) groups is 1. The van der Waals surface area contributed by atoms with Gasteiger partial charge in [-0.2, -0.15) is 0 Å². The Labute approximate surface area is 149 Å². The molecule has 134 valence electrons. The Balaban J connectivity index is 1.83. The third-order valence-corrected chi connectivity index (χ3v) is 3.51. The van der Waals surface area contributed by atoms with Crippen molar-refractivity contribution in [2.24, 2.45) is 0 Å². The molecule has 0 bridgehead atoms. The lowest BCUT2D eigenvalue weighted by Crippen LogP contribution is -2.26. The Morgan fingerprint density at radius 2 is 1.84 bits per heavy atom. The van der Waals surface area contributed by atoms with Crippen LogP contribution in [0.1, 0.15) is 49.7 Å². The van der Waals surface area contributed by atoms with Crippen LogP contribution in [-0.4, -0.2) is 29.7 Å². The average Bonchev–Trinajstić information content (AvgIpc) is 2.59. The topological polar surface area (TPSA) is 60.5 Å². The van der Waals surface area contributed by atoms with E-state index in [9.17, 15) is 4.79 Å². The molecule has 0 aliphatic carbocycles. The molecule has 0 saturated heterocycles. The highest BCUT2D eigenvalue weighted by atomic mass is 16.5. The lowest BCUT2D eigenvalue weighted by molar-refractivity contribution is -0.0168. The molecule has 1 aromatic carbocycles. The van der Waals surface area contributed by atoms with Crippen LogP contribution in [0.4, 0.5) is 0 Å². The highest BCUT2D eigenvalue weighted by Crippen LogP contribution is 2.13. The molecule has 0 saturated carbocycles. The van der Waals surface area contributed by atoms with Crippen molar-refractivity contribution in [2.45, 2.75) is 39.3 Å². The van der Waals surface area contributed by atoms with E-state index in [1.54, 1.807) is 12.1 Å². The summed E-state index contributed by atoms with van der Waals surface area (Å²) in [6.45, 7) is 8.84. The maximum atomic E-state index is 12.3. The number of nitrogens with one attached hydrogen (secondary N) is 1. The molecule has 0 unspecified atom stereocenters. The Hall–Kier alpha value is -2.40. The van der Waals surface area contributed by atoms with E-state index in [0.29, 0.717) is 24.7 Å². The SMILES string of the molecule is C[C@H](NC(=O)c1ccc(OCCOC(C)(C)C)nc1)c1ccccc1. The van der Waals surface area contributed by atoms with Gasteiger partial charge >= 0.3 is 0 Å². The van der Waals surface area contributed by atoms with Gasteiger partial charge < -0.3 is 14.8 Å². The molecule has 0 aliphatic heterocycles. The van der Waals surface area contributed by atoms with E-state index in [-0.39, 0.29) is 17.6 Å². The van der Waals surface area contributed by atoms with Gasteiger partial charge in [0.1, 0.15) is 6.61 Å². The van der Waals surface area contributed by atoms with Crippen LogP contribution < -0.4 is 10.1 Å². The smallest absolute Gasteiger partial charge is 0.253 e. The third kappa shape index (κ3) is 6.55. The molecule has 0 radical (unpaired) electrons. The van der Waals surface area contributed by atoms with Gasteiger partial charge in [-0.1, -0.05) is 30.3 Å². The van der Waals surface area contributed by atoms with Gasteiger partial charge in [0.25, 0.3) is 5.91 Å². The highest BCUT2D eigenvalue weighted by molar-refractivity contribution is 5.94. The van der Waals surface area contributed by atoms with Crippen molar-refractivity contribution in [2.75, 3.05) is 13.2 Å². The number of amides is 1. The first-order valence-electron chi connectivity index (χ1n) is 8.44. The average molecular weight is 342 g/mol. The van der Waals surface area contributed by atoms with Gasteiger partial charge in [0, 0.05) is 12.3 Å². The van der Waals surface area contributed by atoms with Crippen LogP contribution in [0, 0.1) is 0 Å². The summed E-state index contributed by atoms with van der Waals surface area (Å²) in [5.74, 6) is 0.316. The van der Waals surface area contributed by atoms with Gasteiger partial charge in [0.05, 0.1) is 23.8 Å². The van der Waals surface area contributed by atoms with Gasteiger partial charge in [-0.15, -0.1) is 0 Å². The molecule has 2 rings (SSSR count). The monoisotopic (exact) mass is 342 g/mol. The highest BCUT2D eigenvalue weighted by Gasteiger charge is 2.12. The molecule has 1 N–H and O–H groups in total. The zero-order valence-electron chi connectivity index (χ0n) is 15.3. The molecule has 5 nitrogen and oxygen atoms in total. The number of ether oxygens (including phenoxy) is 2. The van der Waals surface area contributed by atoms with Crippen LogP contribution >= 0.6 is 0 Å². The van der Waals surface area contributed by atoms with Crippen LogP contribution in [-0.2, 0) is 4.74 Å². The lowest BCUT2D eigenvalue weighted by Gasteiger charge is -2.19. The van der Waals surface area contributed by atoms with Crippen molar-refractivity contribution in [1.29, 1.82) is 0 Å². The normalized spacial score (nSPS) is 12.5. The number of rotatable bonds is 7. The number of pyridine rings is 1. The minimum absolute atomic E-state index is 0.0702. The molecule has 2 aromatic rings. The Kier molecular flexibility index (Phi) is 6.53. The van der Waals surface area contributed by atoms with Crippen molar-refractivity contribution in [3.8, 4) is 5.88 Å². The first kappa shape index (κ1) is 18.9. The summed E-state index contributed by atoms with van der Waals surface area (Å²) in [5.41, 5.74) is 1.37. The summed E-state index contributed by atoms with van der Waals surface area (Å²) in [6, 6.07) is 13.2. The molecule has 25 heavy (non-hydrogen) atoms. The van der Waals surface area contributed by atoms with Gasteiger partial charge in [-0.05, 0) is 39.3 Å². The minimum atomic E-state index is -0.186. The minimum Gasteiger partial charge on any atom is -0.475 e. The zero-order chi connectivity index (χ0) is 18.3. The summed E-state index contributed by atoms with van der Waals surface area (Å²) in [5, 5.41) is 2.96. The first-order chi connectivity index (χ1) is 11.8. The fraction of sp³-hybridized carbons (Fsp3) is 0.400. The van der Waals surface area contributed by atoms with Crippen molar-refractivity contribution >= 4 is 5.91 Å². The first-order valence-corrected chi connectivity index (χ1v) is 8.44. The van der Waals surface area contributed by atoms with Gasteiger partial charge in [-0.3, -0.25) is 4.79 Å². The van der Waals surface area contributed by atoms with Gasteiger partial charge in [0.2, 0.25) is 5.88 Å². The van der Waals surface area contributed by atoms with Crippen LogP contribution in [0.3, 0.4) is 0 Å². The number of aromatic nitrogens is 1. The van der Waals surface area contributed by atoms with Crippen molar-refractivity contribution in [3.63, 3.8) is 0 Å². The molecular weight excluding hydrogens is 316 g/mol. The second-order valence-electron chi connectivity index (χ2n) is 6.80. The predicted molar refractivity (Wildman–Crippen MR) is 97.8 cm³/mol. The van der Waals surface area contributed by atoms with Crippen molar-refractivity contribution < 1.29 is 14.3 Å². The summed E-state index contributed by atoms with van der Waals surface area (Å²) in [4.78, 5) is 16.5. The predicted octanol–water partition coefficient (Wildman–Crippen LogP) is 3.77.